The normalized spacial score (nSPS) is 17.5. The van der Waals surface area contributed by atoms with Crippen LogP contribution in [0.15, 0.2) is 53.7 Å². The highest BCUT2D eigenvalue weighted by atomic mass is 15.4. The summed E-state index contributed by atoms with van der Waals surface area (Å²) in [7, 11) is 0. The lowest BCUT2D eigenvalue weighted by Gasteiger charge is -2.38. The topological polar surface area (TPSA) is 55.6 Å². The lowest BCUT2D eigenvalue weighted by molar-refractivity contribution is 0.567. The number of hydrogen-bond donors (Lipinski definition) is 1. The number of anilines is 2. The van der Waals surface area contributed by atoms with Gasteiger partial charge in [0, 0.05) is 19.3 Å². The van der Waals surface area contributed by atoms with Crippen LogP contribution < -0.4 is 4.90 Å². The standard InChI is InChI=1S/C17H17N5/c18-17-21-12-5-4-10-19-15(21)14-9-6-11-20-16(14)22(17)13-7-2-1-3-8-13/h1-3,6-9,11,18H,4-5,10,12H2. The Hall–Kier alpha value is -2.69. The van der Waals surface area contributed by atoms with Gasteiger partial charge in [-0.2, -0.15) is 0 Å². The summed E-state index contributed by atoms with van der Waals surface area (Å²) >= 11 is 0. The fourth-order valence-electron chi connectivity index (χ4n) is 2.99. The van der Waals surface area contributed by atoms with E-state index in [4.69, 9.17) is 10.4 Å². The van der Waals surface area contributed by atoms with E-state index < -0.39 is 0 Å². The number of nitrogens with zero attached hydrogens (tertiary/aromatic N) is 4. The van der Waals surface area contributed by atoms with Crippen molar-refractivity contribution in [3.05, 3.63) is 54.2 Å². The maximum absolute atomic E-state index is 8.67. The fourth-order valence-corrected chi connectivity index (χ4v) is 2.99. The van der Waals surface area contributed by atoms with Crippen molar-refractivity contribution in [1.82, 2.24) is 9.88 Å². The zero-order chi connectivity index (χ0) is 14.9. The number of aliphatic imine (C=N–C) groups is 1. The summed E-state index contributed by atoms with van der Waals surface area (Å²) in [5, 5.41) is 8.67. The maximum Gasteiger partial charge on any atom is 0.210 e. The number of fused-ring (bicyclic) bond motifs is 3. The monoisotopic (exact) mass is 291 g/mol. The zero-order valence-electron chi connectivity index (χ0n) is 12.2. The van der Waals surface area contributed by atoms with Crippen molar-refractivity contribution < 1.29 is 0 Å². The number of pyridine rings is 1. The van der Waals surface area contributed by atoms with E-state index in [1.807, 2.05) is 52.3 Å². The molecule has 0 atom stereocenters. The molecule has 2 aliphatic heterocycles. The van der Waals surface area contributed by atoms with Crippen LogP contribution in [0, 0.1) is 5.41 Å². The molecule has 1 N–H and O–H groups in total. The molecule has 1 aromatic heterocycles. The number of hydrogen-bond acceptors (Lipinski definition) is 3. The third-order valence-corrected chi connectivity index (χ3v) is 4.03. The predicted molar refractivity (Wildman–Crippen MR) is 87.9 cm³/mol. The van der Waals surface area contributed by atoms with E-state index in [9.17, 15) is 0 Å². The Bertz CT molecular complexity index is 738. The Morgan fingerprint density at radius 1 is 1.00 bits per heavy atom. The minimum Gasteiger partial charge on any atom is -0.296 e. The lowest BCUT2D eigenvalue weighted by Crippen LogP contribution is -2.50. The van der Waals surface area contributed by atoms with Gasteiger partial charge in [-0.3, -0.25) is 20.2 Å². The second-order valence-electron chi connectivity index (χ2n) is 5.43. The smallest absolute Gasteiger partial charge is 0.210 e. The van der Waals surface area contributed by atoms with Crippen LogP contribution in [0.5, 0.6) is 0 Å². The van der Waals surface area contributed by atoms with Crippen LogP contribution in [0.2, 0.25) is 0 Å². The van der Waals surface area contributed by atoms with Crippen molar-refractivity contribution in [3.8, 4) is 0 Å². The van der Waals surface area contributed by atoms with Crippen molar-refractivity contribution in [2.45, 2.75) is 12.8 Å². The van der Waals surface area contributed by atoms with Gasteiger partial charge in [-0.15, -0.1) is 0 Å². The van der Waals surface area contributed by atoms with Gasteiger partial charge >= 0.3 is 0 Å². The molecule has 22 heavy (non-hydrogen) atoms. The highest BCUT2D eigenvalue weighted by Gasteiger charge is 2.34. The highest BCUT2D eigenvalue weighted by Crippen LogP contribution is 2.33. The first-order valence-corrected chi connectivity index (χ1v) is 7.57. The van der Waals surface area contributed by atoms with Crippen LogP contribution >= 0.6 is 0 Å². The average molecular weight is 291 g/mol. The molecule has 3 heterocycles. The Kier molecular flexibility index (Phi) is 3.11. The van der Waals surface area contributed by atoms with E-state index in [1.165, 1.54) is 0 Å². The van der Waals surface area contributed by atoms with Crippen molar-refractivity contribution in [2.24, 2.45) is 4.99 Å². The third kappa shape index (κ3) is 1.97. The van der Waals surface area contributed by atoms with Gasteiger partial charge in [0.05, 0.1) is 11.3 Å². The summed E-state index contributed by atoms with van der Waals surface area (Å²) in [6, 6.07) is 13.9. The molecule has 0 amide bonds. The van der Waals surface area contributed by atoms with Crippen LogP contribution in [0.1, 0.15) is 18.4 Å². The van der Waals surface area contributed by atoms with E-state index in [2.05, 4.69) is 4.98 Å². The first kappa shape index (κ1) is 13.0. The molecule has 0 fully saturated rings. The molecular weight excluding hydrogens is 274 g/mol. The lowest BCUT2D eigenvalue weighted by atomic mass is 10.1. The molecule has 4 rings (SSSR count). The molecule has 0 spiro atoms. The van der Waals surface area contributed by atoms with Crippen LogP contribution in [-0.4, -0.2) is 34.8 Å². The number of para-hydroxylation sites is 1. The Morgan fingerprint density at radius 3 is 2.73 bits per heavy atom. The molecule has 0 saturated heterocycles. The molecule has 110 valence electrons. The van der Waals surface area contributed by atoms with Gasteiger partial charge in [0.1, 0.15) is 5.84 Å². The molecule has 0 aliphatic carbocycles. The molecule has 2 aromatic rings. The Morgan fingerprint density at radius 2 is 1.86 bits per heavy atom. The number of nitrogens with one attached hydrogen (secondary N) is 1. The van der Waals surface area contributed by atoms with Gasteiger partial charge in [0.2, 0.25) is 5.96 Å². The van der Waals surface area contributed by atoms with Crippen molar-refractivity contribution in [1.29, 1.82) is 5.41 Å². The minimum absolute atomic E-state index is 0.429. The molecule has 2 aliphatic rings. The molecular formula is C17H17N5. The van der Waals surface area contributed by atoms with Gasteiger partial charge in [-0.1, -0.05) is 18.2 Å². The fraction of sp³-hybridized carbons (Fsp3) is 0.235. The predicted octanol–water partition coefficient (Wildman–Crippen LogP) is 3.01. The molecule has 1 aromatic carbocycles. The first-order valence-electron chi connectivity index (χ1n) is 7.57. The van der Waals surface area contributed by atoms with Crippen LogP contribution in [0.3, 0.4) is 0 Å². The van der Waals surface area contributed by atoms with Gasteiger partial charge in [0.15, 0.2) is 5.82 Å². The second kappa shape index (κ2) is 5.26. The van der Waals surface area contributed by atoms with Gasteiger partial charge < -0.3 is 0 Å². The van der Waals surface area contributed by atoms with Gasteiger partial charge in [-0.25, -0.2) is 4.98 Å². The van der Waals surface area contributed by atoms with Crippen molar-refractivity contribution in [2.75, 3.05) is 18.0 Å². The van der Waals surface area contributed by atoms with Gasteiger partial charge in [-0.05, 0) is 37.1 Å². The van der Waals surface area contributed by atoms with E-state index in [0.29, 0.717) is 5.96 Å². The van der Waals surface area contributed by atoms with E-state index in [0.717, 1.165) is 48.8 Å². The Labute approximate surface area is 129 Å². The summed E-state index contributed by atoms with van der Waals surface area (Å²) in [5.41, 5.74) is 1.96. The van der Waals surface area contributed by atoms with Crippen LogP contribution in [-0.2, 0) is 0 Å². The average Bonchev–Trinajstić information content (AvgIpc) is 2.82. The molecule has 5 nitrogen and oxygen atoms in total. The van der Waals surface area contributed by atoms with E-state index >= 15 is 0 Å². The summed E-state index contributed by atoms with van der Waals surface area (Å²) in [6.07, 6.45) is 3.89. The summed E-state index contributed by atoms with van der Waals surface area (Å²) in [6.45, 7) is 1.65. The summed E-state index contributed by atoms with van der Waals surface area (Å²) in [5.74, 6) is 2.10. The SMILES string of the molecule is N=C1N2CCCCN=C2c2cccnc2N1c1ccccc1. The number of rotatable bonds is 1. The Balaban J connectivity index is 1.92. The van der Waals surface area contributed by atoms with Crippen molar-refractivity contribution >= 4 is 23.3 Å². The maximum atomic E-state index is 8.67. The quantitative estimate of drug-likeness (QED) is 0.878. The number of aromatic nitrogens is 1. The van der Waals surface area contributed by atoms with Crippen molar-refractivity contribution in [3.63, 3.8) is 0 Å². The molecule has 0 bridgehead atoms. The highest BCUT2D eigenvalue weighted by molar-refractivity contribution is 6.21. The molecule has 0 unspecified atom stereocenters. The first-order chi connectivity index (χ1) is 10.9. The largest absolute Gasteiger partial charge is 0.296 e. The molecule has 0 saturated carbocycles. The van der Waals surface area contributed by atoms with E-state index in [-0.39, 0.29) is 0 Å². The second-order valence-corrected chi connectivity index (χ2v) is 5.43. The molecule has 5 heteroatoms. The third-order valence-electron chi connectivity index (χ3n) is 4.03. The van der Waals surface area contributed by atoms with E-state index in [1.54, 1.807) is 6.20 Å². The minimum atomic E-state index is 0.429. The zero-order valence-corrected chi connectivity index (χ0v) is 12.2. The summed E-state index contributed by atoms with van der Waals surface area (Å²) in [4.78, 5) is 13.1. The molecule has 0 radical (unpaired) electrons. The number of benzene rings is 1. The number of amidine groups is 1. The van der Waals surface area contributed by atoms with Crippen LogP contribution in [0.25, 0.3) is 0 Å². The summed E-state index contributed by atoms with van der Waals surface area (Å²) < 4.78 is 0. The van der Waals surface area contributed by atoms with Crippen LogP contribution in [0.4, 0.5) is 11.5 Å². The number of guanidine groups is 1. The van der Waals surface area contributed by atoms with Gasteiger partial charge in [0.25, 0.3) is 0 Å².